The SMILES string of the molecule is CCCC(C)(NC(=O)CCCCCc1cccs1)C(=O)O. The Morgan fingerprint density at radius 2 is 2.10 bits per heavy atom. The van der Waals surface area contributed by atoms with Crippen LogP contribution in [0.3, 0.4) is 0 Å². The smallest absolute Gasteiger partial charge is 0.329 e. The summed E-state index contributed by atoms with van der Waals surface area (Å²) in [5.41, 5.74) is -1.14. The Morgan fingerprint density at radius 1 is 1.33 bits per heavy atom. The van der Waals surface area contributed by atoms with Crippen molar-refractivity contribution < 1.29 is 14.7 Å². The number of rotatable bonds is 10. The zero-order valence-corrected chi connectivity index (χ0v) is 13.7. The molecule has 0 aliphatic carbocycles. The fourth-order valence-corrected chi connectivity index (χ4v) is 3.06. The standard InChI is InChI=1S/C16H25NO3S/c1-3-11-16(2,15(19)20)17-14(18)10-6-4-5-8-13-9-7-12-21-13/h7,9,12H,3-6,8,10-11H2,1-2H3,(H,17,18)(H,19,20). The number of aryl methyl sites for hydroxylation is 1. The molecule has 0 saturated heterocycles. The Balaban J connectivity index is 2.22. The van der Waals surface area contributed by atoms with Gasteiger partial charge in [-0.1, -0.05) is 25.8 Å². The lowest BCUT2D eigenvalue weighted by Gasteiger charge is -2.25. The highest BCUT2D eigenvalue weighted by Crippen LogP contribution is 2.15. The Hall–Kier alpha value is -1.36. The average molecular weight is 311 g/mol. The van der Waals surface area contributed by atoms with Crippen molar-refractivity contribution in [1.82, 2.24) is 5.32 Å². The third-order valence-electron chi connectivity index (χ3n) is 3.54. The van der Waals surface area contributed by atoms with E-state index < -0.39 is 11.5 Å². The molecule has 0 radical (unpaired) electrons. The number of aliphatic carboxylic acids is 1. The molecule has 5 heteroatoms. The Morgan fingerprint density at radius 3 is 2.67 bits per heavy atom. The molecular formula is C16H25NO3S. The highest BCUT2D eigenvalue weighted by molar-refractivity contribution is 7.09. The topological polar surface area (TPSA) is 66.4 Å². The first kappa shape index (κ1) is 17.7. The molecule has 0 aromatic carbocycles. The molecule has 0 aliphatic rings. The van der Waals surface area contributed by atoms with Gasteiger partial charge in [0, 0.05) is 11.3 Å². The molecule has 1 heterocycles. The van der Waals surface area contributed by atoms with Crippen molar-refractivity contribution in [3.63, 3.8) is 0 Å². The van der Waals surface area contributed by atoms with Gasteiger partial charge in [-0.25, -0.2) is 4.79 Å². The minimum Gasteiger partial charge on any atom is -0.480 e. The van der Waals surface area contributed by atoms with Gasteiger partial charge < -0.3 is 10.4 Å². The summed E-state index contributed by atoms with van der Waals surface area (Å²) < 4.78 is 0. The van der Waals surface area contributed by atoms with Crippen LogP contribution in [0.1, 0.15) is 57.2 Å². The van der Waals surface area contributed by atoms with Crippen LogP contribution in [0.25, 0.3) is 0 Å². The number of carboxylic acids is 1. The Bertz CT molecular complexity index is 444. The van der Waals surface area contributed by atoms with Crippen LogP contribution < -0.4 is 5.32 Å². The van der Waals surface area contributed by atoms with Crippen molar-refractivity contribution in [3.05, 3.63) is 22.4 Å². The summed E-state index contributed by atoms with van der Waals surface area (Å²) in [6.45, 7) is 3.49. The molecule has 4 nitrogen and oxygen atoms in total. The van der Waals surface area contributed by atoms with Crippen LogP contribution in [0, 0.1) is 0 Å². The van der Waals surface area contributed by atoms with Gasteiger partial charge >= 0.3 is 5.97 Å². The van der Waals surface area contributed by atoms with Crippen molar-refractivity contribution in [1.29, 1.82) is 0 Å². The van der Waals surface area contributed by atoms with E-state index in [2.05, 4.69) is 16.8 Å². The second kappa shape index (κ2) is 8.82. The van der Waals surface area contributed by atoms with Gasteiger partial charge in [0.05, 0.1) is 0 Å². The Labute approximate surface area is 130 Å². The van der Waals surface area contributed by atoms with Gasteiger partial charge in [0.1, 0.15) is 5.54 Å². The normalized spacial score (nSPS) is 13.6. The van der Waals surface area contributed by atoms with Crippen LogP contribution in [0.5, 0.6) is 0 Å². The van der Waals surface area contributed by atoms with Crippen LogP contribution in [0.15, 0.2) is 17.5 Å². The number of hydrogen-bond donors (Lipinski definition) is 2. The summed E-state index contributed by atoms with van der Waals surface area (Å²) in [6.07, 6.45) is 5.50. The number of amides is 1. The van der Waals surface area contributed by atoms with Crippen molar-refractivity contribution in [2.75, 3.05) is 0 Å². The van der Waals surface area contributed by atoms with Gasteiger partial charge in [-0.3, -0.25) is 4.79 Å². The minimum absolute atomic E-state index is 0.163. The third-order valence-corrected chi connectivity index (χ3v) is 4.48. The lowest BCUT2D eigenvalue weighted by atomic mass is 9.96. The molecule has 1 rings (SSSR count). The number of unbranched alkanes of at least 4 members (excludes halogenated alkanes) is 2. The highest BCUT2D eigenvalue weighted by Gasteiger charge is 2.33. The summed E-state index contributed by atoms with van der Waals surface area (Å²) in [5.74, 6) is -1.13. The predicted octanol–water partition coefficient (Wildman–Crippen LogP) is 3.61. The van der Waals surface area contributed by atoms with Crippen LogP contribution in [0.4, 0.5) is 0 Å². The van der Waals surface area contributed by atoms with E-state index in [9.17, 15) is 14.7 Å². The van der Waals surface area contributed by atoms with E-state index in [0.717, 1.165) is 32.1 Å². The molecule has 0 bridgehead atoms. The minimum atomic E-state index is -1.14. The van der Waals surface area contributed by atoms with Crippen molar-refractivity contribution in [3.8, 4) is 0 Å². The van der Waals surface area contributed by atoms with Crippen LogP contribution in [-0.2, 0) is 16.0 Å². The van der Waals surface area contributed by atoms with E-state index in [4.69, 9.17) is 0 Å². The summed E-state index contributed by atoms with van der Waals surface area (Å²) in [6, 6.07) is 4.17. The third kappa shape index (κ3) is 6.29. The van der Waals surface area contributed by atoms with Gasteiger partial charge in [-0.2, -0.15) is 0 Å². The maximum absolute atomic E-state index is 11.9. The first-order valence-corrected chi connectivity index (χ1v) is 8.42. The maximum Gasteiger partial charge on any atom is 0.329 e. The Kier molecular flexibility index (Phi) is 7.43. The molecule has 0 saturated carbocycles. The van der Waals surface area contributed by atoms with Crippen molar-refractivity contribution >= 4 is 23.2 Å². The van der Waals surface area contributed by atoms with E-state index in [1.165, 1.54) is 4.88 Å². The van der Waals surface area contributed by atoms with Crippen LogP contribution >= 0.6 is 11.3 Å². The number of nitrogens with one attached hydrogen (secondary N) is 1. The molecule has 1 atom stereocenters. The van der Waals surface area contributed by atoms with E-state index in [0.29, 0.717) is 12.8 Å². The van der Waals surface area contributed by atoms with E-state index in [1.807, 2.05) is 13.0 Å². The zero-order valence-electron chi connectivity index (χ0n) is 12.9. The molecule has 21 heavy (non-hydrogen) atoms. The molecule has 1 aromatic rings. The number of carboxylic acid groups (broad SMARTS) is 1. The molecule has 2 N–H and O–H groups in total. The first-order chi connectivity index (χ1) is 9.98. The largest absolute Gasteiger partial charge is 0.480 e. The lowest BCUT2D eigenvalue weighted by Crippen LogP contribution is -2.52. The maximum atomic E-state index is 11.9. The first-order valence-electron chi connectivity index (χ1n) is 7.54. The second-order valence-electron chi connectivity index (χ2n) is 5.58. The van der Waals surface area contributed by atoms with Gasteiger partial charge in [0.2, 0.25) is 5.91 Å². The molecule has 0 spiro atoms. The van der Waals surface area contributed by atoms with E-state index >= 15 is 0 Å². The summed E-state index contributed by atoms with van der Waals surface area (Å²) in [4.78, 5) is 24.5. The van der Waals surface area contributed by atoms with E-state index in [1.54, 1.807) is 18.3 Å². The predicted molar refractivity (Wildman–Crippen MR) is 85.6 cm³/mol. The quantitative estimate of drug-likeness (QED) is 0.649. The summed E-state index contributed by atoms with van der Waals surface area (Å²) in [7, 11) is 0. The monoisotopic (exact) mass is 311 g/mol. The number of carbonyl (C=O) groups excluding carboxylic acids is 1. The highest BCUT2D eigenvalue weighted by atomic mass is 32.1. The van der Waals surface area contributed by atoms with Gasteiger partial charge in [0.15, 0.2) is 0 Å². The zero-order chi connectivity index (χ0) is 15.7. The van der Waals surface area contributed by atoms with Crippen molar-refractivity contribution in [2.45, 2.75) is 64.3 Å². The fraction of sp³-hybridized carbons (Fsp3) is 0.625. The fourth-order valence-electron chi connectivity index (χ4n) is 2.31. The summed E-state index contributed by atoms with van der Waals surface area (Å²) in [5, 5.41) is 13.9. The number of carbonyl (C=O) groups is 2. The molecule has 1 unspecified atom stereocenters. The van der Waals surface area contributed by atoms with Gasteiger partial charge in [0.25, 0.3) is 0 Å². The second-order valence-corrected chi connectivity index (χ2v) is 6.61. The van der Waals surface area contributed by atoms with Crippen molar-refractivity contribution in [2.24, 2.45) is 0 Å². The summed E-state index contributed by atoms with van der Waals surface area (Å²) >= 11 is 1.76. The molecule has 1 aromatic heterocycles. The van der Waals surface area contributed by atoms with Crippen LogP contribution in [0.2, 0.25) is 0 Å². The van der Waals surface area contributed by atoms with Crippen LogP contribution in [-0.4, -0.2) is 22.5 Å². The molecular weight excluding hydrogens is 286 g/mol. The number of hydrogen-bond acceptors (Lipinski definition) is 3. The molecule has 0 aliphatic heterocycles. The van der Waals surface area contributed by atoms with Gasteiger partial charge in [-0.15, -0.1) is 11.3 Å². The lowest BCUT2D eigenvalue weighted by molar-refractivity contribution is -0.147. The van der Waals surface area contributed by atoms with Gasteiger partial charge in [-0.05, 0) is 44.1 Å². The molecule has 0 fully saturated rings. The molecule has 118 valence electrons. The number of thiophene rings is 1. The average Bonchev–Trinajstić information content (AvgIpc) is 2.91. The molecule has 1 amide bonds. The van der Waals surface area contributed by atoms with E-state index in [-0.39, 0.29) is 5.91 Å².